The van der Waals surface area contributed by atoms with E-state index < -0.39 is 0 Å². The average Bonchev–Trinajstić information content (AvgIpc) is 3.03. The van der Waals surface area contributed by atoms with Crippen LogP contribution in [0.2, 0.25) is 10.0 Å². The van der Waals surface area contributed by atoms with Gasteiger partial charge in [-0.1, -0.05) is 47.5 Å². The smallest absolute Gasteiger partial charge is 0.229 e. The van der Waals surface area contributed by atoms with Gasteiger partial charge in [-0.2, -0.15) is 5.26 Å². The third kappa shape index (κ3) is 3.18. The van der Waals surface area contributed by atoms with Gasteiger partial charge in [0.05, 0.1) is 16.7 Å². The van der Waals surface area contributed by atoms with Gasteiger partial charge in [0.25, 0.3) is 0 Å². The first kappa shape index (κ1) is 18.3. The van der Waals surface area contributed by atoms with Crippen molar-refractivity contribution in [2.75, 3.05) is 0 Å². The van der Waals surface area contributed by atoms with E-state index in [9.17, 15) is 4.79 Å². The van der Waals surface area contributed by atoms with Crippen molar-refractivity contribution in [3.05, 3.63) is 93.2 Å². The summed E-state index contributed by atoms with van der Waals surface area (Å²) in [4.78, 5) is 13.0. The maximum atomic E-state index is 13.0. The van der Waals surface area contributed by atoms with Crippen LogP contribution < -0.4 is 0 Å². The Balaban J connectivity index is 1.80. The fraction of sp³-hybridized carbons (Fsp3) is 0.0435. The maximum Gasteiger partial charge on any atom is 0.229 e. The molecule has 0 atom stereocenters. The Labute approximate surface area is 171 Å². The predicted molar refractivity (Wildman–Crippen MR) is 111 cm³/mol. The molecule has 136 valence electrons. The van der Waals surface area contributed by atoms with Gasteiger partial charge in [-0.05, 0) is 54.4 Å². The van der Waals surface area contributed by atoms with Gasteiger partial charge in [-0.15, -0.1) is 0 Å². The van der Waals surface area contributed by atoms with E-state index in [-0.39, 0.29) is 16.6 Å². The largest absolute Gasteiger partial charge is 0.452 e. The Morgan fingerprint density at radius 2 is 1.79 bits per heavy atom. The fourth-order valence-corrected chi connectivity index (χ4v) is 3.68. The molecule has 4 aromatic rings. The number of carbonyl (C=O) groups excluding carboxylic acids is 1. The van der Waals surface area contributed by atoms with E-state index >= 15 is 0 Å². The highest BCUT2D eigenvalue weighted by Gasteiger charge is 2.21. The Morgan fingerprint density at radius 3 is 2.54 bits per heavy atom. The van der Waals surface area contributed by atoms with Crippen molar-refractivity contribution in [1.29, 1.82) is 5.26 Å². The number of nitrogens with zero attached hydrogens (tertiary/aromatic N) is 1. The Bertz CT molecular complexity index is 1280. The lowest BCUT2D eigenvalue weighted by atomic mass is 10.0. The number of furan rings is 1. The van der Waals surface area contributed by atoms with E-state index in [2.05, 4.69) is 6.07 Å². The monoisotopic (exact) mass is 405 g/mol. The van der Waals surface area contributed by atoms with Crippen LogP contribution in [0, 0.1) is 18.3 Å². The molecule has 1 heterocycles. The Morgan fingerprint density at radius 1 is 1.00 bits per heavy atom. The van der Waals surface area contributed by atoms with Gasteiger partial charge in [0.15, 0.2) is 5.76 Å². The van der Waals surface area contributed by atoms with E-state index in [0.717, 1.165) is 22.1 Å². The minimum Gasteiger partial charge on any atom is -0.452 e. The lowest BCUT2D eigenvalue weighted by Crippen LogP contribution is -2.02. The fourth-order valence-electron chi connectivity index (χ4n) is 3.19. The first-order valence-corrected chi connectivity index (χ1v) is 9.27. The summed E-state index contributed by atoms with van der Waals surface area (Å²) in [5.41, 5.74) is 4.09. The molecule has 0 fully saturated rings. The van der Waals surface area contributed by atoms with Crippen molar-refractivity contribution in [3.8, 4) is 17.2 Å². The molecule has 3 aromatic carbocycles. The molecule has 28 heavy (non-hydrogen) atoms. The molecule has 3 nitrogen and oxygen atoms in total. The van der Waals surface area contributed by atoms with Crippen LogP contribution in [-0.2, 0) is 0 Å². The molecule has 5 heteroatoms. The van der Waals surface area contributed by atoms with Gasteiger partial charge < -0.3 is 4.42 Å². The number of ketones is 1. The second kappa shape index (κ2) is 7.16. The van der Waals surface area contributed by atoms with E-state index in [1.165, 1.54) is 6.07 Å². The van der Waals surface area contributed by atoms with Crippen LogP contribution in [0.4, 0.5) is 0 Å². The summed E-state index contributed by atoms with van der Waals surface area (Å²) in [6.45, 7) is 1.85. The standard InChI is InChI=1S/C23H13Cl2NO2/c1-13-18-7-5-16(15-4-2-3-14(9-15)12-26)10-21(18)28-23(13)22(27)19-8-6-17(24)11-20(19)25/h2-11H,1H3. The number of benzene rings is 3. The molecule has 0 spiro atoms. The molecule has 0 N–H and O–H groups in total. The van der Waals surface area contributed by atoms with Crippen LogP contribution in [0.15, 0.2) is 65.1 Å². The molecule has 0 radical (unpaired) electrons. The number of hydrogen-bond acceptors (Lipinski definition) is 3. The quantitative estimate of drug-likeness (QED) is 0.351. The summed E-state index contributed by atoms with van der Waals surface area (Å²) >= 11 is 12.1. The SMILES string of the molecule is Cc1c(C(=O)c2ccc(Cl)cc2Cl)oc2cc(-c3cccc(C#N)c3)ccc12. The third-order valence-corrected chi connectivity index (χ3v) is 5.19. The van der Waals surface area contributed by atoms with Crippen LogP contribution >= 0.6 is 23.2 Å². The van der Waals surface area contributed by atoms with Crippen LogP contribution in [0.5, 0.6) is 0 Å². The van der Waals surface area contributed by atoms with Crippen LogP contribution in [0.1, 0.15) is 27.2 Å². The highest BCUT2D eigenvalue weighted by molar-refractivity contribution is 6.37. The molecular weight excluding hydrogens is 393 g/mol. The number of halogens is 2. The first-order chi connectivity index (χ1) is 13.5. The Hall–Kier alpha value is -3.06. The molecule has 0 unspecified atom stereocenters. The van der Waals surface area contributed by atoms with Gasteiger partial charge >= 0.3 is 0 Å². The lowest BCUT2D eigenvalue weighted by Gasteiger charge is -2.02. The third-order valence-electron chi connectivity index (χ3n) is 4.65. The van der Waals surface area contributed by atoms with Gasteiger partial charge in [-0.3, -0.25) is 4.79 Å². The topological polar surface area (TPSA) is 54.0 Å². The molecule has 0 aliphatic rings. The van der Waals surface area contributed by atoms with Gasteiger partial charge in [0.2, 0.25) is 5.78 Å². The molecule has 0 aliphatic heterocycles. The van der Waals surface area contributed by atoms with E-state index in [4.69, 9.17) is 32.9 Å². The number of fused-ring (bicyclic) bond motifs is 1. The minimum atomic E-state index is -0.289. The zero-order valence-corrected chi connectivity index (χ0v) is 16.3. The minimum absolute atomic E-state index is 0.252. The van der Waals surface area contributed by atoms with Gasteiger partial charge in [0, 0.05) is 21.5 Å². The zero-order valence-electron chi connectivity index (χ0n) is 14.8. The summed E-state index contributed by atoms with van der Waals surface area (Å²) in [5, 5.41) is 10.7. The Kier molecular flexibility index (Phi) is 4.68. The molecule has 0 amide bonds. The lowest BCUT2D eigenvalue weighted by molar-refractivity contribution is 0.101. The molecule has 1 aromatic heterocycles. The van der Waals surface area contributed by atoms with Crippen LogP contribution in [0.25, 0.3) is 22.1 Å². The van der Waals surface area contributed by atoms with E-state index in [1.807, 2.05) is 43.3 Å². The van der Waals surface area contributed by atoms with Gasteiger partial charge in [0.1, 0.15) is 5.58 Å². The molecule has 4 rings (SSSR count). The predicted octanol–water partition coefficient (Wildman–Crippen LogP) is 6.82. The summed E-state index contributed by atoms with van der Waals surface area (Å²) < 4.78 is 5.91. The van der Waals surface area contributed by atoms with Crippen molar-refractivity contribution in [2.24, 2.45) is 0 Å². The number of hydrogen-bond donors (Lipinski definition) is 0. The summed E-state index contributed by atoms with van der Waals surface area (Å²) in [7, 11) is 0. The van der Waals surface area contributed by atoms with Crippen LogP contribution in [-0.4, -0.2) is 5.78 Å². The molecule has 0 saturated heterocycles. The number of rotatable bonds is 3. The van der Waals surface area contributed by atoms with E-state index in [0.29, 0.717) is 21.7 Å². The van der Waals surface area contributed by atoms with Gasteiger partial charge in [-0.25, -0.2) is 0 Å². The molecule has 0 aliphatic carbocycles. The molecule has 0 saturated carbocycles. The zero-order chi connectivity index (χ0) is 19.8. The van der Waals surface area contributed by atoms with Crippen molar-refractivity contribution >= 4 is 40.0 Å². The summed E-state index contributed by atoms with van der Waals surface area (Å²) in [6, 6.07) is 20.0. The van der Waals surface area contributed by atoms with E-state index in [1.54, 1.807) is 18.2 Å². The second-order valence-corrected chi connectivity index (χ2v) is 7.26. The highest BCUT2D eigenvalue weighted by atomic mass is 35.5. The second-order valence-electron chi connectivity index (χ2n) is 6.41. The van der Waals surface area contributed by atoms with Crippen molar-refractivity contribution in [2.45, 2.75) is 6.92 Å². The van der Waals surface area contributed by atoms with Crippen molar-refractivity contribution in [1.82, 2.24) is 0 Å². The van der Waals surface area contributed by atoms with Crippen LogP contribution in [0.3, 0.4) is 0 Å². The summed E-state index contributed by atoms with van der Waals surface area (Å²) in [5.74, 6) is -0.0365. The van der Waals surface area contributed by atoms with Crippen molar-refractivity contribution < 1.29 is 9.21 Å². The number of nitriles is 1. The maximum absolute atomic E-state index is 13.0. The van der Waals surface area contributed by atoms with Crippen molar-refractivity contribution in [3.63, 3.8) is 0 Å². The average molecular weight is 406 g/mol. The molecule has 0 bridgehead atoms. The number of aryl methyl sites for hydroxylation is 1. The molecular formula is C23H13Cl2NO2. The first-order valence-electron chi connectivity index (χ1n) is 8.51. The highest BCUT2D eigenvalue weighted by Crippen LogP contribution is 2.32. The number of carbonyl (C=O) groups is 1. The normalized spacial score (nSPS) is 10.8. The summed E-state index contributed by atoms with van der Waals surface area (Å²) in [6.07, 6.45) is 0.